The van der Waals surface area contributed by atoms with Crippen molar-refractivity contribution < 1.29 is 64.6 Å². The number of nitrogens with one attached hydrogen (secondary N) is 1. The van der Waals surface area contributed by atoms with Crippen molar-refractivity contribution in [2.45, 2.75) is 408 Å². The van der Waals surface area contributed by atoms with Gasteiger partial charge in [0.1, 0.15) is 48.8 Å². The molecule has 1 amide bonds. The normalized spacial score (nSPS) is 23.8. The molecule has 14 nitrogen and oxygen atoms in total. The molecule has 488 valence electrons. The number of amides is 1. The Labute approximate surface area is 502 Å². The first kappa shape index (κ1) is 77.1. The monoisotopic (exact) mass is 1170 g/mol. The van der Waals surface area contributed by atoms with Gasteiger partial charge in [-0.2, -0.15) is 0 Å². The van der Waals surface area contributed by atoms with Gasteiger partial charge in [0.15, 0.2) is 12.6 Å². The number of carbonyl (C=O) groups excluding carboxylic acids is 1. The smallest absolute Gasteiger partial charge is 0.220 e. The van der Waals surface area contributed by atoms with E-state index in [9.17, 15) is 45.6 Å². The average molecular weight is 1170 g/mol. The van der Waals surface area contributed by atoms with Crippen LogP contribution in [0.1, 0.15) is 335 Å². The number of carbonyl (C=O) groups is 1. The van der Waals surface area contributed by atoms with Gasteiger partial charge in [0, 0.05) is 6.42 Å². The van der Waals surface area contributed by atoms with E-state index in [-0.39, 0.29) is 12.5 Å². The number of aliphatic hydroxyl groups excluding tert-OH is 8. The van der Waals surface area contributed by atoms with Gasteiger partial charge in [-0.15, -0.1) is 0 Å². The third-order valence-corrected chi connectivity index (χ3v) is 17.8. The summed E-state index contributed by atoms with van der Waals surface area (Å²) in [4.78, 5) is 13.3. The molecular formula is C68H133NO13. The Morgan fingerprint density at radius 1 is 0.390 bits per heavy atom. The average Bonchev–Trinajstić information content (AvgIpc) is 3.52. The van der Waals surface area contributed by atoms with Gasteiger partial charge in [-0.1, -0.05) is 316 Å². The highest BCUT2D eigenvalue weighted by Gasteiger charge is 2.51. The lowest BCUT2D eigenvalue weighted by molar-refractivity contribution is -0.359. The van der Waals surface area contributed by atoms with E-state index in [0.717, 1.165) is 51.4 Å². The van der Waals surface area contributed by atoms with Crippen LogP contribution in [0.2, 0.25) is 0 Å². The lowest BCUT2D eigenvalue weighted by Crippen LogP contribution is -2.65. The van der Waals surface area contributed by atoms with Crippen molar-refractivity contribution in [3.63, 3.8) is 0 Å². The van der Waals surface area contributed by atoms with Gasteiger partial charge in [0.05, 0.1) is 32.0 Å². The van der Waals surface area contributed by atoms with Crippen molar-refractivity contribution in [3.05, 3.63) is 0 Å². The van der Waals surface area contributed by atoms with E-state index < -0.39 is 86.8 Å². The van der Waals surface area contributed by atoms with E-state index in [0.29, 0.717) is 12.8 Å². The fourth-order valence-corrected chi connectivity index (χ4v) is 12.2. The maximum absolute atomic E-state index is 13.3. The summed E-state index contributed by atoms with van der Waals surface area (Å²) in [7, 11) is 0. The number of hydrogen-bond donors (Lipinski definition) is 9. The summed E-state index contributed by atoms with van der Waals surface area (Å²) in [6, 6.07) is -0.822. The number of ether oxygens (including phenoxy) is 4. The van der Waals surface area contributed by atoms with Gasteiger partial charge < -0.3 is 65.1 Å². The van der Waals surface area contributed by atoms with Crippen LogP contribution in [0.3, 0.4) is 0 Å². The molecule has 0 aromatic rings. The minimum absolute atomic E-state index is 0.199. The minimum atomic E-state index is -1.78. The van der Waals surface area contributed by atoms with Crippen molar-refractivity contribution in [1.82, 2.24) is 5.32 Å². The van der Waals surface area contributed by atoms with E-state index >= 15 is 0 Å². The molecule has 12 unspecified atom stereocenters. The maximum atomic E-state index is 13.3. The summed E-state index contributed by atoms with van der Waals surface area (Å²) < 4.78 is 22.9. The summed E-state index contributed by atoms with van der Waals surface area (Å²) in [5.41, 5.74) is 0. The quantitative estimate of drug-likeness (QED) is 0.0259. The molecule has 2 aliphatic heterocycles. The largest absolute Gasteiger partial charge is 0.394 e. The summed E-state index contributed by atoms with van der Waals surface area (Å²) >= 11 is 0. The third-order valence-electron chi connectivity index (χ3n) is 17.8. The molecule has 14 heteroatoms. The van der Waals surface area contributed by atoms with E-state index in [1.807, 2.05) is 0 Å². The van der Waals surface area contributed by atoms with Gasteiger partial charge in [-0.25, -0.2) is 0 Å². The van der Waals surface area contributed by atoms with Crippen LogP contribution in [0.15, 0.2) is 0 Å². The van der Waals surface area contributed by atoms with Gasteiger partial charge in [0.2, 0.25) is 5.91 Å². The molecule has 0 bridgehead atoms. The molecule has 0 spiro atoms. The summed E-state index contributed by atoms with van der Waals surface area (Å²) in [6.07, 6.45) is 47.3. The summed E-state index contributed by atoms with van der Waals surface area (Å²) in [6.45, 7) is 2.90. The SMILES string of the molecule is CCCCCCCCCCCCCCCCCCCCCCCCCCCCCCCCCCCCCCC(=O)NC(COC1OC(CO)C(OC2OC(CO)C(O)C(O)C2O)C(O)C1O)C(O)CCCCCCCCCCCCCC. The third kappa shape index (κ3) is 38.3. The Bertz CT molecular complexity index is 1380. The lowest BCUT2D eigenvalue weighted by Gasteiger charge is -2.46. The molecule has 0 radical (unpaired) electrons. The maximum Gasteiger partial charge on any atom is 0.220 e. The molecule has 12 atom stereocenters. The Balaban J connectivity index is 1.54. The number of aliphatic hydroxyl groups is 8. The Morgan fingerprint density at radius 2 is 0.695 bits per heavy atom. The van der Waals surface area contributed by atoms with Crippen molar-refractivity contribution in [2.75, 3.05) is 19.8 Å². The van der Waals surface area contributed by atoms with E-state index in [1.165, 1.54) is 257 Å². The zero-order chi connectivity index (χ0) is 59.5. The zero-order valence-corrected chi connectivity index (χ0v) is 53.0. The van der Waals surface area contributed by atoms with Crippen LogP contribution in [0.4, 0.5) is 0 Å². The molecule has 0 aromatic heterocycles. The molecule has 0 aromatic carbocycles. The van der Waals surface area contributed by atoms with Crippen molar-refractivity contribution >= 4 is 5.91 Å². The van der Waals surface area contributed by atoms with Crippen molar-refractivity contribution in [1.29, 1.82) is 0 Å². The molecule has 2 heterocycles. The highest BCUT2D eigenvalue weighted by molar-refractivity contribution is 5.76. The van der Waals surface area contributed by atoms with Crippen LogP contribution in [-0.4, -0.2) is 140 Å². The predicted molar refractivity (Wildman–Crippen MR) is 332 cm³/mol. The van der Waals surface area contributed by atoms with E-state index in [2.05, 4.69) is 19.2 Å². The molecular weight excluding hydrogens is 1040 g/mol. The fraction of sp³-hybridized carbons (Fsp3) is 0.985. The Hall–Kier alpha value is -1.01. The van der Waals surface area contributed by atoms with Crippen molar-refractivity contribution in [2.24, 2.45) is 0 Å². The van der Waals surface area contributed by atoms with Crippen LogP contribution < -0.4 is 5.32 Å². The van der Waals surface area contributed by atoms with Crippen molar-refractivity contribution in [3.8, 4) is 0 Å². The van der Waals surface area contributed by atoms with Crippen LogP contribution in [0.25, 0.3) is 0 Å². The van der Waals surface area contributed by atoms with Gasteiger partial charge in [0.25, 0.3) is 0 Å². The van der Waals surface area contributed by atoms with Crippen LogP contribution in [0, 0.1) is 0 Å². The molecule has 2 saturated heterocycles. The summed E-state index contributed by atoms with van der Waals surface area (Å²) in [5.74, 6) is -0.199. The standard InChI is InChI=1S/C68H133NO13/c1-3-5-7-9-11-13-15-17-18-19-20-21-22-23-24-25-26-27-28-29-30-31-32-33-34-35-36-37-38-39-40-42-44-46-48-50-52-60(73)69-56(57(72)51-49-47-45-43-41-16-14-12-10-8-6-4-2)55-79-67-65(78)63(76)66(59(54-71)81-67)82-68-64(77)62(75)61(74)58(53-70)80-68/h56-59,61-68,70-72,74-78H,3-55H2,1-2H3,(H,69,73). The Morgan fingerprint density at radius 3 is 1.04 bits per heavy atom. The number of hydrogen-bond acceptors (Lipinski definition) is 13. The van der Waals surface area contributed by atoms with Gasteiger partial charge in [-0.05, 0) is 12.8 Å². The number of unbranched alkanes of at least 4 members (excludes halogenated alkanes) is 46. The second-order valence-corrected chi connectivity index (χ2v) is 25.4. The molecule has 2 aliphatic rings. The van der Waals surface area contributed by atoms with E-state index in [4.69, 9.17) is 18.9 Å². The van der Waals surface area contributed by atoms with Crippen LogP contribution in [-0.2, 0) is 23.7 Å². The summed E-state index contributed by atoms with van der Waals surface area (Å²) in [5, 5.41) is 87.3. The van der Waals surface area contributed by atoms with Crippen LogP contribution in [0.5, 0.6) is 0 Å². The predicted octanol–water partition coefficient (Wildman–Crippen LogP) is 14.0. The minimum Gasteiger partial charge on any atom is -0.394 e. The fourth-order valence-electron chi connectivity index (χ4n) is 12.2. The first-order valence-corrected chi connectivity index (χ1v) is 35.3. The molecule has 82 heavy (non-hydrogen) atoms. The second-order valence-electron chi connectivity index (χ2n) is 25.4. The number of rotatable bonds is 59. The van der Waals surface area contributed by atoms with Gasteiger partial charge >= 0.3 is 0 Å². The molecule has 9 N–H and O–H groups in total. The molecule has 0 aliphatic carbocycles. The van der Waals surface area contributed by atoms with E-state index in [1.54, 1.807) is 0 Å². The topological polar surface area (TPSA) is 228 Å². The zero-order valence-electron chi connectivity index (χ0n) is 53.0. The first-order valence-electron chi connectivity index (χ1n) is 35.3. The molecule has 2 rings (SSSR count). The second kappa shape index (κ2) is 54.2. The first-order chi connectivity index (χ1) is 40.1. The highest BCUT2D eigenvalue weighted by Crippen LogP contribution is 2.30. The molecule has 2 fully saturated rings. The lowest BCUT2D eigenvalue weighted by atomic mass is 9.97. The van der Waals surface area contributed by atoms with Crippen LogP contribution >= 0.6 is 0 Å². The molecule has 0 saturated carbocycles. The van der Waals surface area contributed by atoms with Gasteiger partial charge in [-0.3, -0.25) is 4.79 Å². The highest BCUT2D eigenvalue weighted by atomic mass is 16.7. The Kier molecular flexibility index (Phi) is 50.9.